The third-order valence-electron chi connectivity index (χ3n) is 3.57. The molecule has 0 aliphatic carbocycles. The number of rotatable bonds is 4. The Labute approximate surface area is 121 Å². The number of nitrogens with zero attached hydrogens (tertiary/aromatic N) is 3. The number of hydrogen-bond acceptors (Lipinski definition) is 4. The Kier molecular flexibility index (Phi) is 3.66. The smallest absolute Gasteiger partial charge is 0.273 e. The molecule has 21 heavy (non-hydrogen) atoms. The molecule has 0 bridgehead atoms. The molecule has 1 atom stereocenters. The van der Waals surface area contributed by atoms with Crippen LogP contribution < -0.4 is 10.6 Å². The second-order valence-corrected chi connectivity index (χ2v) is 5.15. The van der Waals surface area contributed by atoms with Crippen molar-refractivity contribution in [2.75, 3.05) is 13.1 Å². The summed E-state index contributed by atoms with van der Waals surface area (Å²) in [7, 11) is 0. The molecule has 1 amide bonds. The third-order valence-corrected chi connectivity index (χ3v) is 3.57. The van der Waals surface area contributed by atoms with Crippen LogP contribution >= 0.6 is 0 Å². The summed E-state index contributed by atoms with van der Waals surface area (Å²) in [6.45, 7) is 3.47. The largest absolute Gasteiger partial charge is 0.344 e. The van der Waals surface area contributed by atoms with Crippen molar-refractivity contribution >= 4 is 5.91 Å². The minimum atomic E-state index is -0.322. The Hall–Kier alpha value is -2.28. The van der Waals surface area contributed by atoms with Gasteiger partial charge < -0.3 is 10.6 Å². The van der Waals surface area contributed by atoms with Crippen molar-refractivity contribution in [2.24, 2.45) is 0 Å². The minimum absolute atomic E-state index is 0.264. The highest BCUT2D eigenvalue weighted by molar-refractivity contribution is 5.92. The molecule has 0 saturated carbocycles. The number of nitrogens with one attached hydrogen (secondary N) is 2. The van der Waals surface area contributed by atoms with Gasteiger partial charge in [-0.25, -0.2) is 9.07 Å². The topological polar surface area (TPSA) is 71.8 Å². The maximum absolute atomic E-state index is 13.2. The molecule has 1 aromatic heterocycles. The first-order valence-electron chi connectivity index (χ1n) is 6.82. The lowest BCUT2D eigenvalue weighted by molar-refractivity contribution is 0.0934. The van der Waals surface area contributed by atoms with Gasteiger partial charge in [0.25, 0.3) is 5.91 Å². The van der Waals surface area contributed by atoms with Crippen LogP contribution in [0, 0.1) is 5.82 Å². The Bertz CT molecular complexity index is 652. The van der Waals surface area contributed by atoms with E-state index in [0.717, 1.165) is 13.1 Å². The fourth-order valence-electron chi connectivity index (χ4n) is 2.15. The normalized spacial score (nSPS) is 16.3. The zero-order valence-electron chi connectivity index (χ0n) is 11.6. The third kappa shape index (κ3) is 2.92. The van der Waals surface area contributed by atoms with E-state index >= 15 is 0 Å². The van der Waals surface area contributed by atoms with Gasteiger partial charge in [-0.1, -0.05) is 17.3 Å². The lowest BCUT2D eigenvalue weighted by Crippen LogP contribution is -2.43. The molecule has 0 radical (unpaired) electrons. The number of aromatic nitrogens is 3. The van der Waals surface area contributed by atoms with Crippen molar-refractivity contribution in [2.45, 2.75) is 19.0 Å². The van der Waals surface area contributed by atoms with Crippen molar-refractivity contribution in [3.8, 4) is 0 Å². The van der Waals surface area contributed by atoms with Crippen molar-refractivity contribution < 1.29 is 9.18 Å². The van der Waals surface area contributed by atoms with Crippen molar-refractivity contribution in [1.29, 1.82) is 0 Å². The van der Waals surface area contributed by atoms with Gasteiger partial charge in [0.1, 0.15) is 5.82 Å². The first-order chi connectivity index (χ1) is 10.1. The average molecular weight is 289 g/mol. The monoisotopic (exact) mass is 289 g/mol. The van der Waals surface area contributed by atoms with E-state index in [0.29, 0.717) is 5.56 Å². The van der Waals surface area contributed by atoms with E-state index in [9.17, 15) is 9.18 Å². The zero-order valence-corrected chi connectivity index (χ0v) is 11.6. The predicted octanol–water partition coefficient (Wildman–Crippen LogP) is 1.05. The Morgan fingerprint density at radius 3 is 3.00 bits per heavy atom. The summed E-state index contributed by atoms with van der Waals surface area (Å²) in [6, 6.07) is 6.12. The van der Waals surface area contributed by atoms with Crippen LogP contribution in [0.3, 0.4) is 0 Å². The molecule has 1 aromatic carbocycles. The number of hydrogen-bond donors (Lipinski definition) is 2. The molecule has 0 spiro atoms. The summed E-state index contributed by atoms with van der Waals surface area (Å²) in [4.78, 5) is 12.1. The highest BCUT2D eigenvalue weighted by atomic mass is 19.1. The van der Waals surface area contributed by atoms with E-state index in [1.54, 1.807) is 29.9 Å². The Balaban J connectivity index is 1.66. The van der Waals surface area contributed by atoms with E-state index < -0.39 is 0 Å². The fraction of sp³-hybridized carbons (Fsp3) is 0.357. The van der Waals surface area contributed by atoms with Gasteiger partial charge in [-0.2, -0.15) is 0 Å². The summed E-state index contributed by atoms with van der Waals surface area (Å²) in [5.41, 5.74) is 0.976. The van der Waals surface area contributed by atoms with Crippen LogP contribution in [0.5, 0.6) is 0 Å². The molecular weight excluding hydrogens is 273 g/mol. The molecule has 1 saturated heterocycles. The lowest BCUT2D eigenvalue weighted by Gasteiger charge is -2.26. The summed E-state index contributed by atoms with van der Waals surface area (Å²) in [5, 5.41) is 13.8. The van der Waals surface area contributed by atoms with E-state index in [-0.39, 0.29) is 29.5 Å². The molecule has 2 N–H and O–H groups in total. The summed E-state index contributed by atoms with van der Waals surface area (Å²) >= 11 is 0. The van der Waals surface area contributed by atoms with Gasteiger partial charge in [-0.3, -0.25) is 4.79 Å². The molecule has 1 aliphatic heterocycles. The molecule has 2 heterocycles. The van der Waals surface area contributed by atoms with Gasteiger partial charge in [-0.05, 0) is 24.6 Å². The van der Waals surface area contributed by atoms with Crippen LogP contribution in [0.25, 0.3) is 0 Å². The first kappa shape index (κ1) is 13.7. The number of amides is 1. The van der Waals surface area contributed by atoms with Crippen molar-refractivity contribution in [3.05, 3.63) is 47.5 Å². The maximum Gasteiger partial charge on any atom is 0.273 e. The summed E-state index contributed by atoms with van der Waals surface area (Å²) in [5.74, 6) is -0.637. The number of halogens is 1. The summed E-state index contributed by atoms with van der Waals surface area (Å²) in [6.07, 6.45) is 1.64. The van der Waals surface area contributed by atoms with E-state index in [1.165, 1.54) is 12.1 Å². The standard InChI is InChI=1S/C14H16FN5O/c1-9(10-3-2-4-11(15)5-10)17-14(21)13-8-20(19-18-13)12-6-16-7-12/h2-5,8-9,12,16H,6-7H2,1H3,(H,17,21)/t9-/m1/s1. The molecule has 3 rings (SSSR count). The molecular formula is C14H16FN5O. The van der Waals surface area contributed by atoms with Crippen LogP contribution in [0.15, 0.2) is 30.5 Å². The predicted molar refractivity (Wildman–Crippen MR) is 74.2 cm³/mol. The lowest BCUT2D eigenvalue weighted by atomic mass is 10.1. The van der Waals surface area contributed by atoms with Crippen LogP contribution in [-0.2, 0) is 0 Å². The number of benzene rings is 1. The van der Waals surface area contributed by atoms with Crippen LogP contribution in [0.4, 0.5) is 4.39 Å². The first-order valence-corrected chi connectivity index (χ1v) is 6.82. The van der Waals surface area contributed by atoms with E-state index in [4.69, 9.17) is 0 Å². The minimum Gasteiger partial charge on any atom is -0.344 e. The van der Waals surface area contributed by atoms with Crippen LogP contribution in [0.2, 0.25) is 0 Å². The molecule has 6 nitrogen and oxygen atoms in total. The SMILES string of the molecule is C[C@@H](NC(=O)c1cn(C2CNC2)nn1)c1cccc(F)c1. The average Bonchev–Trinajstić information content (AvgIpc) is 2.86. The van der Waals surface area contributed by atoms with Gasteiger partial charge in [0, 0.05) is 13.1 Å². The van der Waals surface area contributed by atoms with Gasteiger partial charge in [0.05, 0.1) is 18.3 Å². The van der Waals surface area contributed by atoms with E-state index in [2.05, 4.69) is 20.9 Å². The van der Waals surface area contributed by atoms with Crippen molar-refractivity contribution in [1.82, 2.24) is 25.6 Å². The Morgan fingerprint density at radius 2 is 2.33 bits per heavy atom. The summed E-state index contributed by atoms with van der Waals surface area (Å²) < 4.78 is 14.9. The van der Waals surface area contributed by atoms with Gasteiger partial charge in [-0.15, -0.1) is 5.10 Å². The van der Waals surface area contributed by atoms with Gasteiger partial charge in [0.15, 0.2) is 5.69 Å². The zero-order chi connectivity index (χ0) is 14.8. The van der Waals surface area contributed by atoms with Crippen LogP contribution in [0.1, 0.15) is 35.1 Å². The Morgan fingerprint density at radius 1 is 1.52 bits per heavy atom. The second kappa shape index (κ2) is 5.61. The van der Waals surface area contributed by atoms with Gasteiger partial charge >= 0.3 is 0 Å². The molecule has 1 aliphatic rings. The number of carbonyl (C=O) groups excluding carboxylic acids is 1. The molecule has 110 valence electrons. The highest BCUT2D eigenvalue weighted by Gasteiger charge is 2.22. The fourth-order valence-corrected chi connectivity index (χ4v) is 2.15. The molecule has 2 aromatic rings. The molecule has 1 fully saturated rings. The highest BCUT2D eigenvalue weighted by Crippen LogP contribution is 2.14. The van der Waals surface area contributed by atoms with Crippen LogP contribution in [-0.4, -0.2) is 34.0 Å². The quantitative estimate of drug-likeness (QED) is 0.882. The number of carbonyl (C=O) groups is 1. The second-order valence-electron chi connectivity index (χ2n) is 5.15. The molecule has 0 unspecified atom stereocenters. The van der Waals surface area contributed by atoms with Gasteiger partial charge in [0.2, 0.25) is 0 Å². The molecule has 7 heteroatoms. The van der Waals surface area contributed by atoms with E-state index in [1.807, 2.05) is 0 Å². The maximum atomic E-state index is 13.2. The van der Waals surface area contributed by atoms with Crippen molar-refractivity contribution in [3.63, 3.8) is 0 Å².